The first-order chi connectivity index (χ1) is 13.2. The largest absolute Gasteiger partial charge is 0.491 e. The van der Waals surface area contributed by atoms with Gasteiger partial charge in [-0.15, -0.1) is 0 Å². The molecule has 6 nitrogen and oxygen atoms in total. The fourth-order valence-electron chi connectivity index (χ4n) is 3.68. The lowest BCUT2D eigenvalue weighted by Gasteiger charge is -2.28. The fourth-order valence-corrected chi connectivity index (χ4v) is 3.68. The maximum atomic E-state index is 12.0. The summed E-state index contributed by atoms with van der Waals surface area (Å²) in [5.74, 6) is 1.40. The molecule has 0 spiro atoms. The van der Waals surface area contributed by atoms with Crippen LogP contribution in [0, 0.1) is 5.92 Å². The predicted octanol–water partition coefficient (Wildman–Crippen LogP) is 3.96. The van der Waals surface area contributed by atoms with Gasteiger partial charge in [0.05, 0.1) is 18.8 Å². The Morgan fingerprint density at radius 1 is 1.15 bits per heavy atom. The Balaban J connectivity index is 1.30. The van der Waals surface area contributed by atoms with E-state index in [2.05, 4.69) is 17.6 Å². The van der Waals surface area contributed by atoms with Crippen molar-refractivity contribution in [3.8, 4) is 5.75 Å². The molecule has 2 aliphatic rings. The molecule has 1 saturated heterocycles. The monoisotopic (exact) mass is 376 g/mol. The van der Waals surface area contributed by atoms with Crippen LogP contribution >= 0.6 is 0 Å². The number of anilines is 1. The van der Waals surface area contributed by atoms with Crippen LogP contribution < -0.4 is 15.4 Å². The summed E-state index contributed by atoms with van der Waals surface area (Å²) in [4.78, 5) is 12.0. The fraction of sp³-hybridized carbons (Fsp3) is 0.667. The number of ether oxygens (including phenoxy) is 3. The van der Waals surface area contributed by atoms with Gasteiger partial charge in [0.1, 0.15) is 12.4 Å². The highest BCUT2D eigenvalue weighted by molar-refractivity contribution is 5.89. The summed E-state index contributed by atoms with van der Waals surface area (Å²) in [6.45, 7) is 4.72. The second-order valence-corrected chi connectivity index (χ2v) is 7.52. The highest BCUT2D eigenvalue weighted by atomic mass is 16.5. The molecule has 1 aromatic carbocycles. The van der Waals surface area contributed by atoms with Crippen LogP contribution in [-0.4, -0.2) is 44.6 Å². The first kappa shape index (κ1) is 20.0. The zero-order chi connectivity index (χ0) is 18.9. The average molecular weight is 376 g/mol. The van der Waals surface area contributed by atoms with Crippen molar-refractivity contribution in [1.82, 2.24) is 5.32 Å². The molecule has 2 fully saturated rings. The summed E-state index contributed by atoms with van der Waals surface area (Å²) in [5, 5.41) is 5.67. The topological polar surface area (TPSA) is 68.8 Å². The van der Waals surface area contributed by atoms with Gasteiger partial charge in [0.25, 0.3) is 0 Å². The van der Waals surface area contributed by atoms with Gasteiger partial charge < -0.3 is 24.8 Å². The molecule has 2 N–H and O–H groups in total. The molecule has 1 aliphatic carbocycles. The Hall–Kier alpha value is -1.79. The van der Waals surface area contributed by atoms with Crippen molar-refractivity contribution >= 4 is 11.7 Å². The normalized spacial score (nSPS) is 25.1. The third-order valence-electron chi connectivity index (χ3n) is 5.32. The van der Waals surface area contributed by atoms with Gasteiger partial charge in [0, 0.05) is 18.8 Å². The molecule has 0 unspecified atom stereocenters. The van der Waals surface area contributed by atoms with Crippen LogP contribution in [0.4, 0.5) is 10.5 Å². The third-order valence-corrected chi connectivity index (χ3v) is 5.32. The maximum Gasteiger partial charge on any atom is 0.319 e. The van der Waals surface area contributed by atoms with Gasteiger partial charge in [-0.05, 0) is 55.9 Å². The van der Waals surface area contributed by atoms with Crippen molar-refractivity contribution in [1.29, 1.82) is 0 Å². The second kappa shape index (κ2) is 10.5. The molecule has 0 bridgehead atoms. The van der Waals surface area contributed by atoms with Crippen molar-refractivity contribution in [3.05, 3.63) is 24.3 Å². The molecule has 6 heteroatoms. The lowest BCUT2D eigenvalue weighted by atomic mass is 9.88. The maximum absolute atomic E-state index is 12.0. The summed E-state index contributed by atoms with van der Waals surface area (Å²) >= 11 is 0. The van der Waals surface area contributed by atoms with Crippen LogP contribution in [-0.2, 0) is 9.47 Å². The SMILES string of the molecule is C[C@@H]1CCCC[C@H]1OCCNC(=O)Nc1ccc(OC[C@H]2CCCO2)cc1. The van der Waals surface area contributed by atoms with E-state index in [1.54, 1.807) is 0 Å². The molecule has 1 saturated carbocycles. The average Bonchev–Trinajstić information content (AvgIpc) is 3.20. The molecule has 0 aromatic heterocycles. The number of rotatable bonds is 8. The van der Waals surface area contributed by atoms with E-state index in [-0.39, 0.29) is 12.1 Å². The predicted molar refractivity (Wildman–Crippen MR) is 105 cm³/mol. The Kier molecular flexibility index (Phi) is 7.78. The summed E-state index contributed by atoms with van der Waals surface area (Å²) in [6, 6.07) is 7.18. The number of benzene rings is 1. The van der Waals surface area contributed by atoms with Crippen molar-refractivity contribution in [3.63, 3.8) is 0 Å². The Labute approximate surface area is 161 Å². The molecule has 3 rings (SSSR count). The van der Waals surface area contributed by atoms with Crippen LogP contribution in [0.2, 0.25) is 0 Å². The van der Waals surface area contributed by atoms with E-state index < -0.39 is 0 Å². The zero-order valence-corrected chi connectivity index (χ0v) is 16.2. The second-order valence-electron chi connectivity index (χ2n) is 7.52. The van der Waals surface area contributed by atoms with Crippen LogP contribution in [0.3, 0.4) is 0 Å². The molecule has 150 valence electrons. The van der Waals surface area contributed by atoms with Crippen molar-refractivity contribution in [2.24, 2.45) is 5.92 Å². The summed E-state index contributed by atoms with van der Waals surface area (Å²) in [6.07, 6.45) is 7.63. The van der Waals surface area contributed by atoms with E-state index in [1.807, 2.05) is 24.3 Å². The molecular weight excluding hydrogens is 344 g/mol. The molecule has 0 radical (unpaired) electrons. The number of hydrogen-bond donors (Lipinski definition) is 2. The van der Waals surface area contributed by atoms with Crippen LogP contribution in [0.5, 0.6) is 5.75 Å². The summed E-state index contributed by atoms with van der Waals surface area (Å²) in [5.41, 5.74) is 0.735. The van der Waals surface area contributed by atoms with E-state index in [1.165, 1.54) is 19.3 Å². The van der Waals surface area contributed by atoms with Gasteiger partial charge >= 0.3 is 6.03 Å². The molecule has 1 aliphatic heterocycles. The minimum atomic E-state index is -0.219. The Bertz CT molecular complexity index is 572. The first-order valence-electron chi connectivity index (χ1n) is 10.2. The van der Waals surface area contributed by atoms with Crippen molar-refractivity contribution in [2.45, 2.75) is 57.7 Å². The number of carbonyl (C=O) groups is 1. The van der Waals surface area contributed by atoms with E-state index >= 15 is 0 Å². The quantitative estimate of drug-likeness (QED) is 0.674. The van der Waals surface area contributed by atoms with Gasteiger partial charge in [0.2, 0.25) is 0 Å². The molecule has 27 heavy (non-hydrogen) atoms. The third kappa shape index (κ3) is 6.70. The minimum Gasteiger partial charge on any atom is -0.491 e. The summed E-state index contributed by atoms with van der Waals surface area (Å²) in [7, 11) is 0. The Morgan fingerprint density at radius 3 is 2.70 bits per heavy atom. The number of urea groups is 1. The van der Waals surface area contributed by atoms with Crippen LogP contribution in [0.1, 0.15) is 45.4 Å². The molecule has 1 aromatic rings. The number of amides is 2. The molecule has 3 atom stereocenters. The minimum absolute atomic E-state index is 0.201. The highest BCUT2D eigenvalue weighted by Crippen LogP contribution is 2.26. The molecular formula is C21H32N2O4. The molecule has 2 amide bonds. The summed E-state index contributed by atoms with van der Waals surface area (Å²) < 4.78 is 17.2. The molecule has 1 heterocycles. The van der Waals surface area contributed by atoms with Gasteiger partial charge in [-0.2, -0.15) is 0 Å². The first-order valence-corrected chi connectivity index (χ1v) is 10.2. The standard InChI is InChI=1S/C21H32N2O4/c1-16-5-2-3-7-20(16)26-14-12-22-21(24)23-17-8-10-18(11-9-17)27-15-19-6-4-13-25-19/h8-11,16,19-20H,2-7,12-15H2,1H3,(H2,22,23,24)/t16-,19-,20-/m1/s1. The lowest BCUT2D eigenvalue weighted by Crippen LogP contribution is -2.34. The van der Waals surface area contributed by atoms with Crippen LogP contribution in [0.15, 0.2) is 24.3 Å². The van der Waals surface area contributed by atoms with Crippen molar-refractivity contribution in [2.75, 3.05) is 31.7 Å². The Morgan fingerprint density at radius 2 is 1.96 bits per heavy atom. The van der Waals surface area contributed by atoms with E-state index in [4.69, 9.17) is 14.2 Å². The lowest BCUT2D eigenvalue weighted by molar-refractivity contribution is -0.00232. The smallest absolute Gasteiger partial charge is 0.319 e. The van der Waals surface area contributed by atoms with Gasteiger partial charge in [-0.25, -0.2) is 4.79 Å². The van der Waals surface area contributed by atoms with E-state index in [0.717, 1.165) is 37.3 Å². The number of nitrogens with one attached hydrogen (secondary N) is 2. The number of carbonyl (C=O) groups excluding carboxylic acids is 1. The zero-order valence-electron chi connectivity index (χ0n) is 16.2. The highest BCUT2D eigenvalue weighted by Gasteiger charge is 2.21. The number of hydrogen-bond acceptors (Lipinski definition) is 4. The van der Waals surface area contributed by atoms with E-state index in [0.29, 0.717) is 31.8 Å². The van der Waals surface area contributed by atoms with Gasteiger partial charge in [0.15, 0.2) is 0 Å². The van der Waals surface area contributed by atoms with Gasteiger partial charge in [-0.3, -0.25) is 0 Å². The van der Waals surface area contributed by atoms with E-state index in [9.17, 15) is 4.79 Å². The van der Waals surface area contributed by atoms with Crippen molar-refractivity contribution < 1.29 is 19.0 Å². The van der Waals surface area contributed by atoms with Gasteiger partial charge in [-0.1, -0.05) is 19.8 Å². The van der Waals surface area contributed by atoms with Crippen LogP contribution in [0.25, 0.3) is 0 Å².